The summed E-state index contributed by atoms with van der Waals surface area (Å²) in [5, 5.41) is 14.7. The molecule has 0 unspecified atom stereocenters. The van der Waals surface area contributed by atoms with E-state index >= 15 is 0 Å². The van der Waals surface area contributed by atoms with Gasteiger partial charge in [-0.3, -0.25) is 4.79 Å². The van der Waals surface area contributed by atoms with Gasteiger partial charge in [-0.05, 0) is 7.05 Å². The van der Waals surface area contributed by atoms with Crippen molar-refractivity contribution < 1.29 is 124 Å². The summed E-state index contributed by atoms with van der Waals surface area (Å²) in [6, 6.07) is 0. The number of hydrogen-bond donors (Lipinski definition) is 3. The minimum absolute atomic E-state index is 0.00968. The SMILES string of the molecule is CNCNCCOCCOCCOCCOCCOCCOCCOCCOCCOCCOCCOCCOCCOCCOCCOCCOCCOCCOCCOCCOCCOCCOCCOCCOCCC(=O)O. The second-order valence-electron chi connectivity index (χ2n) is 16.4. The summed E-state index contributed by atoms with van der Waals surface area (Å²) in [6.45, 7) is 24.7. The fourth-order valence-electron chi connectivity index (χ4n) is 5.68. The van der Waals surface area contributed by atoms with E-state index in [0.717, 1.165) is 13.2 Å². The molecule has 0 saturated carbocycles. The zero-order chi connectivity index (χ0) is 58.0. The molecule has 0 aromatic rings. The van der Waals surface area contributed by atoms with Crippen LogP contribution in [0.25, 0.3) is 0 Å². The molecule has 0 aliphatic heterocycles. The monoisotopic (exact) mass is 1190 g/mol. The Morgan fingerprint density at radius 3 is 0.469 bits per heavy atom. The molecule has 0 bridgehead atoms. The highest BCUT2D eigenvalue weighted by molar-refractivity contribution is 5.66. The Morgan fingerprint density at radius 1 is 0.222 bits per heavy atom. The Hall–Kier alpha value is -1.57. The fraction of sp³-hybridized carbons (Fsp3) is 0.981. The second-order valence-corrected chi connectivity index (χ2v) is 16.4. The number of hydrogen-bond acceptors (Lipinski definition) is 27. The molecule has 486 valence electrons. The van der Waals surface area contributed by atoms with Crippen molar-refractivity contribution in [3.63, 3.8) is 0 Å². The lowest BCUT2D eigenvalue weighted by molar-refractivity contribution is -0.138. The summed E-state index contributed by atoms with van der Waals surface area (Å²) in [6.07, 6.45) is -0.00968. The van der Waals surface area contributed by atoms with Gasteiger partial charge in [0.1, 0.15) is 0 Å². The first-order chi connectivity index (χ1) is 40.3. The number of rotatable bonds is 77. The molecule has 0 aliphatic rings. The highest BCUT2D eigenvalue weighted by atomic mass is 16.6. The van der Waals surface area contributed by atoms with E-state index < -0.39 is 5.97 Å². The maximum absolute atomic E-state index is 10.4. The van der Waals surface area contributed by atoms with Crippen LogP contribution in [-0.4, -0.2) is 348 Å². The van der Waals surface area contributed by atoms with E-state index in [1.165, 1.54) is 0 Å². The lowest BCUT2D eigenvalue weighted by atomic mass is 10.5. The normalized spacial score (nSPS) is 11.7. The Bertz CT molecular complexity index is 1140. The first kappa shape index (κ1) is 79.4. The van der Waals surface area contributed by atoms with E-state index in [1.807, 2.05) is 7.05 Å². The zero-order valence-corrected chi connectivity index (χ0v) is 49.2. The predicted molar refractivity (Wildman–Crippen MR) is 294 cm³/mol. The molecule has 0 amide bonds. The highest BCUT2D eigenvalue weighted by Gasteiger charge is 2.01. The van der Waals surface area contributed by atoms with Gasteiger partial charge in [0.2, 0.25) is 0 Å². The minimum Gasteiger partial charge on any atom is -0.481 e. The molecular weight excluding hydrogens is 1080 g/mol. The van der Waals surface area contributed by atoms with Gasteiger partial charge >= 0.3 is 5.97 Å². The topological polar surface area (TPSA) is 283 Å². The van der Waals surface area contributed by atoms with E-state index in [2.05, 4.69) is 10.6 Å². The second kappa shape index (κ2) is 76.4. The number of carbonyl (C=O) groups is 1. The van der Waals surface area contributed by atoms with Crippen molar-refractivity contribution in [3.8, 4) is 0 Å². The summed E-state index contributed by atoms with van der Waals surface area (Å²) in [5.41, 5.74) is 0. The van der Waals surface area contributed by atoms with E-state index in [1.54, 1.807) is 0 Å². The molecule has 81 heavy (non-hydrogen) atoms. The fourth-order valence-corrected chi connectivity index (χ4v) is 5.68. The van der Waals surface area contributed by atoms with Crippen molar-refractivity contribution >= 4 is 5.97 Å². The van der Waals surface area contributed by atoms with Crippen LogP contribution in [0.1, 0.15) is 6.42 Å². The zero-order valence-electron chi connectivity index (χ0n) is 49.2. The van der Waals surface area contributed by atoms with E-state index in [0.29, 0.717) is 311 Å². The number of aliphatic carboxylic acids is 1. The third kappa shape index (κ3) is 78.4. The molecule has 3 N–H and O–H groups in total. The lowest BCUT2D eigenvalue weighted by Crippen LogP contribution is -2.29. The van der Waals surface area contributed by atoms with Gasteiger partial charge in [0.25, 0.3) is 0 Å². The summed E-state index contributed by atoms with van der Waals surface area (Å²) in [5.74, 6) is -0.880. The van der Waals surface area contributed by atoms with E-state index in [-0.39, 0.29) is 13.0 Å². The molecule has 0 radical (unpaired) electrons. The van der Waals surface area contributed by atoms with Crippen LogP contribution in [-0.2, 0) is 118 Å². The van der Waals surface area contributed by atoms with Crippen LogP contribution in [0.5, 0.6) is 0 Å². The van der Waals surface area contributed by atoms with Crippen molar-refractivity contribution in [1.82, 2.24) is 10.6 Å². The first-order valence-electron chi connectivity index (χ1n) is 28.7. The third-order valence-electron chi connectivity index (χ3n) is 9.74. The van der Waals surface area contributed by atoms with Crippen LogP contribution in [0.4, 0.5) is 0 Å². The number of ether oxygens (including phenoxy) is 24. The summed E-state index contributed by atoms with van der Waals surface area (Å²) >= 11 is 0. The van der Waals surface area contributed by atoms with Crippen LogP contribution in [0, 0.1) is 0 Å². The van der Waals surface area contributed by atoms with Gasteiger partial charge in [0.05, 0.1) is 324 Å². The molecular formula is C53H108N2O26. The lowest BCUT2D eigenvalue weighted by Gasteiger charge is -2.09. The number of carboxylic acids is 1. The van der Waals surface area contributed by atoms with Crippen molar-refractivity contribution in [1.29, 1.82) is 0 Å². The average molecular weight is 1190 g/mol. The first-order valence-corrected chi connectivity index (χ1v) is 28.7. The summed E-state index contributed by atoms with van der Waals surface area (Å²) in [7, 11) is 1.89. The quantitative estimate of drug-likeness (QED) is 0.0517. The van der Waals surface area contributed by atoms with Gasteiger partial charge < -0.3 is 129 Å². The molecule has 0 rings (SSSR count). The van der Waals surface area contributed by atoms with Gasteiger partial charge in [-0.1, -0.05) is 0 Å². The van der Waals surface area contributed by atoms with Gasteiger partial charge in [0.15, 0.2) is 0 Å². The average Bonchev–Trinajstić information content (AvgIpc) is 3.47. The Kier molecular flexibility index (Phi) is 75.0. The van der Waals surface area contributed by atoms with Crippen LogP contribution in [0.3, 0.4) is 0 Å². The van der Waals surface area contributed by atoms with Crippen LogP contribution < -0.4 is 10.6 Å². The van der Waals surface area contributed by atoms with Crippen molar-refractivity contribution in [2.75, 3.05) is 337 Å². The molecule has 28 heteroatoms. The Balaban J connectivity index is 3.08. The largest absolute Gasteiger partial charge is 0.481 e. The highest BCUT2D eigenvalue weighted by Crippen LogP contribution is 1.91. The molecule has 0 fully saturated rings. The van der Waals surface area contributed by atoms with Gasteiger partial charge in [-0.2, -0.15) is 0 Å². The maximum atomic E-state index is 10.4. The smallest absolute Gasteiger partial charge is 0.305 e. The maximum Gasteiger partial charge on any atom is 0.305 e. The standard InChI is InChI=1S/C53H108N2O26/c1-54-52-55-3-5-59-7-9-61-11-13-63-15-17-65-19-21-67-23-25-69-27-29-71-31-33-73-35-37-75-39-41-77-43-45-79-47-49-81-51-50-80-48-46-78-44-42-76-40-38-74-36-34-72-32-30-70-28-26-68-24-22-66-20-18-64-16-14-62-12-10-60-8-6-58-4-2-53(56)57/h54-55H,2-52H2,1H3,(H,56,57). The van der Waals surface area contributed by atoms with E-state index in [9.17, 15) is 4.79 Å². The van der Waals surface area contributed by atoms with Crippen LogP contribution >= 0.6 is 0 Å². The Morgan fingerprint density at radius 2 is 0.346 bits per heavy atom. The Labute approximate surface area is 482 Å². The van der Waals surface area contributed by atoms with Crippen molar-refractivity contribution in [2.24, 2.45) is 0 Å². The summed E-state index contributed by atoms with van der Waals surface area (Å²) in [4.78, 5) is 10.4. The molecule has 0 aliphatic carbocycles. The van der Waals surface area contributed by atoms with Gasteiger partial charge in [-0.15, -0.1) is 0 Å². The van der Waals surface area contributed by atoms with Crippen molar-refractivity contribution in [2.45, 2.75) is 6.42 Å². The van der Waals surface area contributed by atoms with Gasteiger partial charge in [-0.25, -0.2) is 0 Å². The van der Waals surface area contributed by atoms with Crippen LogP contribution in [0.2, 0.25) is 0 Å². The molecule has 0 heterocycles. The molecule has 28 nitrogen and oxygen atoms in total. The molecule has 0 spiro atoms. The van der Waals surface area contributed by atoms with E-state index in [4.69, 9.17) is 119 Å². The summed E-state index contributed by atoms with van der Waals surface area (Å²) < 4.78 is 131. The predicted octanol–water partition coefficient (Wildman–Crippen LogP) is -0.374. The van der Waals surface area contributed by atoms with Crippen molar-refractivity contribution in [3.05, 3.63) is 0 Å². The van der Waals surface area contributed by atoms with Gasteiger partial charge in [0, 0.05) is 13.2 Å². The third-order valence-corrected chi connectivity index (χ3v) is 9.74. The van der Waals surface area contributed by atoms with Crippen LogP contribution in [0.15, 0.2) is 0 Å². The number of carboxylic acid groups (broad SMARTS) is 1. The molecule has 0 atom stereocenters. The molecule has 0 saturated heterocycles. The molecule has 0 aromatic heterocycles. The minimum atomic E-state index is -0.880. The number of nitrogens with one attached hydrogen (secondary N) is 2. The molecule has 0 aromatic carbocycles.